The van der Waals surface area contributed by atoms with E-state index < -0.39 is 30.9 Å². The summed E-state index contributed by atoms with van der Waals surface area (Å²) in [4.78, 5) is 25.4. The molecule has 17 heavy (non-hydrogen) atoms. The monoisotopic (exact) mass is 302 g/mol. The van der Waals surface area contributed by atoms with E-state index in [4.69, 9.17) is 14.7 Å². The number of hydrogen-bond donors (Lipinski definition) is 3. The van der Waals surface area contributed by atoms with Crippen LogP contribution in [0.5, 0.6) is 0 Å². The molecule has 8 nitrogen and oxygen atoms in total. The highest BCUT2D eigenvalue weighted by atomic mass is 32.2. The van der Waals surface area contributed by atoms with Crippen LogP contribution in [0, 0.1) is 0 Å². The molecule has 0 amide bonds. The van der Waals surface area contributed by atoms with E-state index in [0.29, 0.717) is 0 Å². The van der Waals surface area contributed by atoms with Gasteiger partial charge in [-0.05, 0) is 24.3 Å². The Bertz CT molecular complexity index is 571. The molecule has 0 aromatic heterocycles. The van der Waals surface area contributed by atoms with Crippen LogP contribution in [0.4, 0.5) is 0 Å². The van der Waals surface area contributed by atoms with E-state index in [0.717, 1.165) is 24.3 Å². The Morgan fingerprint density at radius 1 is 1.18 bits per heavy atom. The standard InChI is InChI=1S/C6H8O8P2S/c7-15(8)14-17(12,13)6-3-1-5(2-4-6)16(9,10)11/h1-4,15H,(H,7,8)(H2,9,10,11). The fourth-order valence-corrected chi connectivity index (χ4v) is 3.09. The predicted octanol–water partition coefficient (Wildman–Crippen LogP) is -0.423. The molecule has 96 valence electrons. The van der Waals surface area contributed by atoms with Crippen LogP contribution in [0.15, 0.2) is 29.2 Å². The maximum absolute atomic E-state index is 11.3. The first kappa shape index (κ1) is 14.5. The largest absolute Gasteiger partial charge is 0.356 e. The first-order valence-electron chi connectivity index (χ1n) is 3.96. The second kappa shape index (κ2) is 4.99. The Kier molecular flexibility index (Phi) is 4.27. The quantitative estimate of drug-likeness (QED) is 0.637. The van der Waals surface area contributed by atoms with Gasteiger partial charge in [0.15, 0.2) is 0 Å². The Labute approximate surface area is 97.1 Å². The molecule has 1 unspecified atom stereocenters. The van der Waals surface area contributed by atoms with Gasteiger partial charge in [0.25, 0.3) is 0 Å². The molecule has 1 aromatic rings. The van der Waals surface area contributed by atoms with Crippen LogP contribution < -0.4 is 5.30 Å². The van der Waals surface area contributed by atoms with Crippen molar-refractivity contribution in [1.82, 2.24) is 0 Å². The lowest BCUT2D eigenvalue weighted by Crippen LogP contribution is -2.06. The molecule has 0 bridgehead atoms. The van der Waals surface area contributed by atoms with Crippen molar-refractivity contribution < 1.29 is 36.2 Å². The third-order valence-corrected chi connectivity index (χ3v) is 4.91. The predicted molar refractivity (Wildman–Crippen MR) is 57.6 cm³/mol. The highest BCUT2D eigenvalue weighted by Crippen LogP contribution is 2.33. The van der Waals surface area contributed by atoms with Crippen LogP contribution in [0.25, 0.3) is 0 Å². The zero-order valence-corrected chi connectivity index (χ0v) is 10.8. The van der Waals surface area contributed by atoms with Gasteiger partial charge >= 0.3 is 26.0 Å². The topological polar surface area (TPSA) is 138 Å². The van der Waals surface area contributed by atoms with Crippen LogP contribution in [-0.2, 0) is 23.2 Å². The van der Waals surface area contributed by atoms with Crippen LogP contribution in [-0.4, -0.2) is 23.1 Å². The number of benzene rings is 1. The first-order chi connectivity index (χ1) is 7.63. The molecule has 1 atom stereocenters. The van der Waals surface area contributed by atoms with Crippen molar-refractivity contribution in [1.29, 1.82) is 0 Å². The summed E-state index contributed by atoms with van der Waals surface area (Å²) in [5, 5.41) is -0.367. The van der Waals surface area contributed by atoms with E-state index in [1.807, 2.05) is 0 Å². The van der Waals surface area contributed by atoms with Gasteiger partial charge < -0.3 is 14.7 Å². The van der Waals surface area contributed by atoms with Gasteiger partial charge in [-0.25, -0.2) is 0 Å². The van der Waals surface area contributed by atoms with E-state index in [9.17, 15) is 17.5 Å². The number of hydrogen-bond acceptors (Lipinski definition) is 5. The van der Waals surface area contributed by atoms with Gasteiger partial charge in [-0.1, -0.05) is 0 Å². The zero-order chi connectivity index (χ0) is 13.3. The highest BCUT2D eigenvalue weighted by Gasteiger charge is 2.21. The van der Waals surface area contributed by atoms with Crippen LogP contribution >= 0.6 is 15.9 Å². The molecule has 0 aliphatic rings. The first-order valence-corrected chi connectivity index (χ1v) is 8.25. The van der Waals surface area contributed by atoms with Crippen molar-refractivity contribution in [2.45, 2.75) is 4.90 Å². The number of rotatable bonds is 4. The summed E-state index contributed by atoms with van der Waals surface area (Å²) in [5.41, 5.74) is 0. The van der Waals surface area contributed by atoms with Gasteiger partial charge in [0, 0.05) is 0 Å². The van der Waals surface area contributed by atoms with Crippen molar-refractivity contribution in [2.75, 3.05) is 0 Å². The molecule has 0 spiro atoms. The molecule has 0 saturated carbocycles. The molecule has 0 aliphatic carbocycles. The van der Waals surface area contributed by atoms with Crippen molar-refractivity contribution in [3.8, 4) is 0 Å². The highest BCUT2D eigenvalue weighted by molar-refractivity contribution is 7.89. The molecular weight excluding hydrogens is 294 g/mol. The summed E-state index contributed by atoms with van der Waals surface area (Å²) in [6.07, 6.45) is 0. The fourth-order valence-electron chi connectivity index (χ4n) is 0.949. The molecule has 11 heteroatoms. The van der Waals surface area contributed by atoms with E-state index in [1.165, 1.54) is 0 Å². The lowest BCUT2D eigenvalue weighted by Gasteiger charge is -2.05. The summed E-state index contributed by atoms with van der Waals surface area (Å²) in [6, 6.07) is 3.53. The third-order valence-electron chi connectivity index (χ3n) is 1.64. The molecule has 0 saturated heterocycles. The molecule has 3 N–H and O–H groups in total. The minimum atomic E-state index is -4.46. The minimum absolute atomic E-state index is 0.367. The summed E-state index contributed by atoms with van der Waals surface area (Å²) >= 11 is 0. The molecule has 0 heterocycles. The molecular formula is C6H8O8P2S. The third kappa shape index (κ3) is 4.01. The second-order valence-electron chi connectivity index (χ2n) is 2.84. The fraction of sp³-hybridized carbons (Fsp3) is 0. The van der Waals surface area contributed by atoms with E-state index in [2.05, 4.69) is 3.97 Å². The molecule has 1 aromatic carbocycles. The van der Waals surface area contributed by atoms with Crippen molar-refractivity contribution >= 4 is 31.3 Å². The average Bonchev–Trinajstić information content (AvgIpc) is 2.14. The van der Waals surface area contributed by atoms with Gasteiger partial charge in [0.1, 0.15) is 0 Å². The van der Waals surface area contributed by atoms with Gasteiger partial charge in [0.2, 0.25) is 0 Å². The zero-order valence-electron chi connectivity index (χ0n) is 8.05. The minimum Gasteiger partial charge on any atom is -0.326 e. The van der Waals surface area contributed by atoms with Gasteiger partial charge in [-0.2, -0.15) is 12.4 Å². The van der Waals surface area contributed by atoms with Gasteiger partial charge in [0.05, 0.1) is 10.2 Å². The Hall–Kier alpha value is -0.530. The van der Waals surface area contributed by atoms with Gasteiger partial charge in [-0.3, -0.25) is 9.13 Å². The van der Waals surface area contributed by atoms with Crippen molar-refractivity contribution in [3.63, 3.8) is 0 Å². The van der Waals surface area contributed by atoms with Crippen LogP contribution in [0.2, 0.25) is 0 Å². The maximum atomic E-state index is 11.3. The Morgan fingerprint density at radius 3 is 2.00 bits per heavy atom. The summed E-state index contributed by atoms with van der Waals surface area (Å²) in [6.45, 7) is 0. The summed E-state index contributed by atoms with van der Waals surface area (Å²) < 4.78 is 47.4. The lowest BCUT2D eigenvalue weighted by molar-refractivity contribution is 0.387. The van der Waals surface area contributed by atoms with E-state index in [1.54, 1.807) is 0 Å². The normalized spacial score (nSPS) is 14.5. The molecule has 0 aliphatic heterocycles. The summed E-state index contributed by atoms with van der Waals surface area (Å²) in [5.74, 6) is 0. The van der Waals surface area contributed by atoms with Crippen LogP contribution in [0.1, 0.15) is 0 Å². The lowest BCUT2D eigenvalue weighted by atomic mass is 10.4. The Morgan fingerprint density at radius 2 is 1.65 bits per heavy atom. The van der Waals surface area contributed by atoms with Crippen molar-refractivity contribution in [2.24, 2.45) is 0 Å². The van der Waals surface area contributed by atoms with Crippen LogP contribution in [0.3, 0.4) is 0 Å². The molecule has 1 rings (SSSR count). The van der Waals surface area contributed by atoms with Gasteiger partial charge in [-0.15, -0.1) is 0 Å². The SMILES string of the molecule is O=[PH](O)OS(=O)(=O)c1ccc(P(=O)(O)O)cc1. The maximum Gasteiger partial charge on any atom is 0.356 e. The smallest absolute Gasteiger partial charge is 0.326 e. The molecule has 0 radical (unpaired) electrons. The van der Waals surface area contributed by atoms with E-state index in [-0.39, 0.29) is 5.30 Å². The second-order valence-corrected chi connectivity index (χ2v) is 7.02. The average molecular weight is 302 g/mol. The summed E-state index contributed by atoms with van der Waals surface area (Å²) in [7, 11) is -12.5. The van der Waals surface area contributed by atoms with Crippen molar-refractivity contribution in [3.05, 3.63) is 24.3 Å². The molecule has 0 fully saturated rings. The Balaban J connectivity index is 3.12. The van der Waals surface area contributed by atoms with E-state index >= 15 is 0 Å².